The maximum absolute atomic E-state index is 9.51. The van der Waals surface area contributed by atoms with Crippen molar-refractivity contribution >= 4 is 0 Å². The molecule has 1 atom stereocenters. The van der Waals surface area contributed by atoms with Gasteiger partial charge in [0.05, 0.1) is 6.61 Å². The number of benzene rings is 1. The quantitative estimate of drug-likeness (QED) is 0.818. The van der Waals surface area contributed by atoms with Crippen LogP contribution in [-0.4, -0.2) is 24.8 Å². The molecule has 0 aliphatic carbocycles. The summed E-state index contributed by atoms with van der Waals surface area (Å²) in [5, 5.41) is 12.9. The van der Waals surface area contributed by atoms with Gasteiger partial charge in [0.15, 0.2) is 11.5 Å². The summed E-state index contributed by atoms with van der Waals surface area (Å²) < 4.78 is 5.56. The Labute approximate surface area is 96.4 Å². The van der Waals surface area contributed by atoms with E-state index in [9.17, 15) is 5.11 Å². The molecule has 0 saturated carbocycles. The van der Waals surface area contributed by atoms with Crippen molar-refractivity contribution in [3.63, 3.8) is 0 Å². The molecule has 1 aliphatic heterocycles. The monoisotopic (exact) mass is 221 g/mol. The van der Waals surface area contributed by atoms with Gasteiger partial charge in [-0.1, -0.05) is 12.1 Å². The summed E-state index contributed by atoms with van der Waals surface area (Å²) >= 11 is 0. The number of phenolic OH excluding ortho intramolecular Hbond substituents is 1. The number of hydrogen-bond donors (Lipinski definition) is 2. The smallest absolute Gasteiger partial charge is 0.160 e. The average molecular weight is 221 g/mol. The van der Waals surface area contributed by atoms with E-state index >= 15 is 0 Å². The van der Waals surface area contributed by atoms with E-state index in [2.05, 4.69) is 5.32 Å². The van der Waals surface area contributed by atoms with Gasteiger partial charge in [0.2, 0.25) is 0 Å². The number of piperidine rings is 1. The predicted octanol–water partition coefficient (Wildman–Crippen LogP) is 2.16. The Kier molecular flexibility index (Phi) is 4.05. The summed E-state index contributed by atoms with van der Waals surface area (Å²) in [4.78, 5) is 0. The fraction of sp³-hybridized carbons (Fsp3) is 0.538. The van der Waals surface area contributed by atoms with Crippen LogP contribution < -0.4 is 10.1 Å². The van der Waals surface area contributed by atoms with Crippen LogP contribution in [-0.2, 0) is 0 Å². The molecule has 1 fully saturated rings. The van der Waals surface area contributed by atoms with Gasteiger partial charge in [0, 0.05) is 0 Å². The van der Waals surface area contributed by atoms with Crippen molar-refractivity contribution in [1.82, 2.24) is 5.32 Å². The highest BCUT2D eigenvalue weighted by molar-refractivity contribution is 5.37. The highest BCUT2D eigenvalue weighted by Crippen LogP contribution is 2.25. The van der Waals surface area contributed by atoms with E-state index in [4.69, 9.17) is 4.74 Å². The number of nitrogens with one attached hydrogen (secondary N) is 1. The van der Waals surface area contributed by atoms with Crippen LogP contribution in [0.4, 0.5) is 0 Å². The van der Waals surface area contributed by atoms with Gasteiger partial charge in [-0.25, -0.2) is 0 Å². The Morgan fingerprint density at radius 1 is 1.38 bits per heavy atom. The molecule has 2 rings (SSSR count). The molecule has 1 saturated heterocycles. The zero-order valence-electron chi connectivity index (χ0n) is 9.48. The molecule has 1 heterocycles. The first-order valence-corrected chi connectivity index (χ1v) is 5.98. The average Bonchev–Trinajstić information content (AvgIpc) is 2.33. The highest BCUT2D eigenvalue weighted by Gasteiger charge is 2.12. The van der Waals surface area contributed by atoms with Crippen molar-refractivity contribution in [2.75, 3.05) is 19.7 Å². The van der Waals surface area contributed by atoms with Gasteiger partial charge >= 0.3 is 0 Å². The van der Waals surface area contributed by atoms with E-state index in [1.54, 1.807) is 18.2 Å². The van der Waals surface area contributed by atoms with Crippen molar-refractivity contribution in [2.45, 2.75) is 19.3 Å². The minimum atomic E-state index is 0.226. The third-order valence-electron chi connectivity index (χ3n) is 3.05. The molecule has 0 bridgehead atoms. The predicted molar refractivity (Wildman–Crippen MR) is 63.8 cm³/mol. The fourth-order valence-corrected chi connectivity index (χ4v) is 2.09. The standard InChI is InChI=1S/C13H19NO2/c15-12-5-1-2-6-13(12)16-9-7-11-4-3-8-14-10-11/h1-2,5-6,11,14-15H,3-4,7-10H2. The molecule has 0 radical (unpaired) electrons. The van der Waals surface area contributed by atoms with Gasteiger partial charge in [0.1, 0.15) is 0 Å². The zero-order chi connectivity index (χ0) is 11.2. The zero-order valence-corrected chi connectivity index (χ0v) is 9.48. The summed E-state index contributed by atoms with van der Waals surface area (Å²) in [5.74, 6) is 1.54. The molecule has 88 valence electrons. The molecule has 3 heteroatoms. The Hall–Kier alpha value is -1.22. The number of aromatic hydroxyl groups is 1. The maximum atomic E-state index is 9.51. The molecule has 0 aromatic heterocycles. The second-order valence-corrected chi connectivity index (χ2v) is 4.32. The molecule has 16 heavy (non-hydrogen) atoms. The topological polar surface area (TPSA) is 41.5 Å². The lowest BCUT2D eigenvalue weighted by Gasteiger charge is -2.22. The molecule has 2 N–H and O–H groups in total. The van der Waals surface area contributed by atoms with Crippen LogP contribution in [0.25, 0.3) is 0 Å². The SMILES string of the molecule is Oc1ccccc1OCCC1CCCNC1. The molecular formula is C13H19NO2. The molecule has 1 aromatic carbocycles. The van der Waals surface area contributed by atoms with E-state index in [1.165, 1.54) is 12.8 Å². The summed E-state index contributed by atoms with van der Waals surface area (Å²) in [5.41, 5.74) is 0. The van der Waals surface area contributed by atoms with E-state index < -0.39 is 0 Å². The lowest BCUT2D eigenvalue weighted by atomic mass is 9.97. The lowest BCUT2D eigenvalue weighted by Crippen LogP contribution is -2.30. The van der Waals surface area contributed by atoms with Crippen LogP contribution in [0.15, 0.2) is 24.3 Å². The van der Waals surface area contributed by atoms with E-state index in [0.717, 1.165) is 25.4 Å². The second-order valence-electron chi connectivity index (χ2n) is 4.32. The van der Waals surface area contributed by atoms with Crippen LogP contribution in [0, 0.1) is 5.92 Å². The Balaban J connectivity index is 1.73. The second kappa shape index (κ2) is 5.75. The molecular weight excluding hydrogens is 202 g/mol. The van der Waals surface area contributed by atoms with Gasteiger partial charge in [-0.05, 0) is 50.4 Å². The normalized spacial score (nSPS) is 20.6. The first-order chi connectivity index (χ1) is 7.86. The molecule has 0 amide bonds. The van der Waals surface area contributed by atoms with Crippen LogP contribution in [0.2, 0.25) is 0 Å². The summed E-state index contributed by atoms with van der Waals surface area (Å²) in [6.07, 6.45) is 3.61. The minimum absolute atomic E-state index is 0.226. The largest absolute Gasteiger partial charge is 0.504 e. The van der Waals surface area contributed by atoms with Crippen molar-refractivity contribution in [3.05, 3.63) is 24.3 Å². The third-order valence-corrected chi connectivity index (χ3v) is 3.05. The molecule has 1 unspecified atom stereocenters. The molecule has 3 nitrogen and oxygen atoms in total. The van der Waals surface area contributed by atoms with Crippen LogP contribution in [0.5, 0.6) is 11.5 Å². The van der Waals surface area contributed by atoms with E-state index in [-0.39, 0.29) is 5.75 Å². The minimum Gasteiger partial charge on any atom is -0.504 e. The van der Waals surface area contributed by atoms with Gasteiger partial charge in [-0.15, -0.1) is 0 Å². The van der Waals surface area contributed by atoms with Crippen LogP contribution in [0.1, 0.15) is 19.3 Å². The number of hydrogen-bond acceptors (Lipinski definition) is 3. The van der Waals surface area contributed by atoms with E-state index in [0.29, 0.717) is 12.4 Å². The Morgan fingerprint density at radius 3 is 3.00 bits per heavy atom. The van der Waals surface area contributed by atoms with Crippen molar-refractivity contribution < 1.29 is 9.84 Å². The molecule has 1 aliphatic rings. The van der Waals surface area contributed by atoms with Crippen molar-refractivity contribution in [2.24, 2.45) is 5.92 Å². The van der Waals surface area contributed by atoms with Crippen LogP contribution in [0.3, 0.4) is 0 Å². The Bertz CT molecular complexity index is 321. The van der Waals surface area contributed by atoms with Gasteiger partial charge in [-0.3, -0.25) is 0 Å². The van der Waals surface area contributed by atoms with Crippen LogP contribution >= 0.6 is 0 Å². The summed E-state index contributed by atoms with van der Waals surface area (Å²) in [7, 11) is 0. The fourth-order valence-electron chi connectivity index (χ4n) is 2.09. The number of rotatable bonds is 4. The third kappa shape index (κ3) is 3.14. The number of para-hydroxylation sites is 2. The number of phenols is 1. The first-order valence-electron chi connectivity index (χ1n) is 5.98. The lowest BCUT2D eigenvalue weighted by molar-refractivity contribution is 0.246. The van der Waals surface area contributed by atoms with E-state index in [1.807, 2.05) is 6.07 Å². The maximum Gasteiger partial charge on any atom is 0.160 e. The highest BCUT2D eigenvalue weighted by atomic mass is 16.5. The van der Waals surface area contributed by atoms with Crippen molar-refractivity contribution in [3.8, 4) is 11.5 Å². The van der Waals surface area contributed by atoms with Gasteiger partial charge < -0.3 is 15.2 Å². The molecule has 1 aromatic rings. The molecule has 0 spiro atoms. The Morgan fingerprint density at radius 2 is 2.25 bits per heavy atom. The summed E-state index contributed by atoms with van der Waals surface area (Å²) in [6, 6.07) is 7.12. The van der Waals surface area contributed by atoms with Gasteiger partial charge in [-0.2, -0.15) is 0 Å². The first kappa shape index (κ1) is 11.3. The van der Waals surface area contributed by atoms with Crippen molar-refractivity contribution in [1.29, 1.82) is 0 Å². The summed E-state index contributed by atoms with van der Waals surface area (Å²) in [6.45, 7) is 2.94. The number of ether oxygens (including phenoxy) is 1. The van der Waals surface area contributed by atoms with Gasteiger partial charge in [0.25, 0.3) is 0 Å².